The minimum absolute atomic E-state index is 0.0517. The molecule has 2 N–H and O–H groups in total. The number of aromatic hydroxyl groups is 1. The number of hydrogen-bond donors (Lipinski definition) is 2. The molecule has 0 unspecified atom stereocenters. The van der Waals surface area contributed by atoms with Gasteiger partial charge >= 0.3 is 5.97 Å². The van der Waals surface area contributed by atoms with Crippen LogP contribution in [0.15, 0.2) is 30.8 Å². The average molecular weight is 395 g/mol. The maximum Gasteiger partial charge on any atom is 0.335 e. The van der Waals surface area contributed by atoms with Gasteiger partial charge in [0.2, 0.25) is 0 Å². The Bertz CT molecular complexity index is 967. The van der Waals surface area contributed by atoms with Crippen molar-refractivity contribution in [2.24, 2.45) is 0 Å². The molecule has 0 fully saturated rings. The lowest BCUT2D eigenvalue weighted by atomic mass is 9.77. The molecule has 0 heterocycles. The van der Waals surface area contributed by atoms with Crippen LogP contribution in [0.3, 0.4) is 0 Å². The molecule has 0 amide bonds. The monoisotopic (exact) mass is 394 g/mol. The standard InChI is InChI=1S/C26H34O3/c1-15-10-18(22(17(3)24(28)29)21(11-15)26(7,8)9)13-19-14-20(25(4,5)6)12-16(2)23(19)27/h10-12,14,27H,3,13H2,1-2,4-9H3,(H,28,29). The number of phenols is 1. The third-order valence-electron chi connectivity index (χ3n) is 5.36. The van der Waals surface area contributed by atoms with Gasteiger partial charge in [-0.2, -0.15) is 0 Å². The molecule has 2 aromatic rings. The minimum atomic E-state index is -1.02. The van der Waals surface area contributed by atoms with Gasteiger partial charge in [-0.15, -0.1) is 0 Å². The molecular weight excluding hydrogens is 360 g/mol. The van der Waals surface area contributed by atoms with Gasteiger partial charge in [0.05, 0.1) is 5.57 Å². The van der Waals surface area contributed by atoms with Crippen molar-refractivity contribution in [2.45, 2.75) is 72.6 Å². The molecule has 2 rings (SSSR count). The van der Waals surface area contributed by atoms with E-state index in [0.717, 1.165) is 33.4 Å². The summed E-state index contributed by atoms with van der Waals surface area (Å²) in [5.41, 5.74) is 6.16. The van der Waals surface area contributed by atoms with Crippen molar-refractivity contribution in [3.63, 3.8) is 0 Å². The lowest BCUT2D eigenvalue weighted by molar-refractivity contribution is -0.130. The molecule has 0 atom stereocenters. The number of aliphatic carboxylic acids is 1. The molecule has 0 aliphatic heterocycles. The van der Waals surface area contributed by atoms with Gasteiger partial charge in [-0.3, -0.25) is 0 Å². The van der Waals surface area contributed by atoms with Gasteiger partial charge in [0.15, 0.2) is 0 Å². The fourth-order valence-electron chi connectivity index (χ4n) is 3.68. The Morgan fingerprint density at radius 3 is 2.00 bits per heavy atom. The summed E-state index contributed by atoms with van der Waals surface area (Å²) in [4.78, 5) is 11.8. The first kappa shape index (κ1) is 22.7. The average Bonchev–Trinajstić information content (AvgIpc) is 2.55. The maximum atomic E-state index is 11.8. The highest BCUT2D eigenvalue weighted by atomic mass is 16.4. The van der Waals surface area contributed by atoms with Crippen LogP contribution in [0.5, 0.6) is 5.75 Å². The molecule has 0 aliphatic carbocycles. The number of benzene rings is 2. The molecule has 0 aliphatic rings. The van der Waals surface area contributed by atoms with Gasteiger partial charge < -0.3 is 10.2 Å². The van der Waals surface area contributed by atoms with Crippen LogP contribution in [0.4, 0.5) is 0 Å². The lowest BCUT2D eigenvalue weighted by Gasteiger charge is -2.27. The van der Waals surface area contributed by atoms with Gasteiger partial charge in [-0.1, -0.05) is 78.0 Å². The van der Waals surface area contributed by atoms with Crippen molar-refractivity contribution in [3.8, 4) is 5.75 Å². The third kappa shape index (κ3) is 4.90. The van der Waals surface area contributed by atoms with Gasteiger partial charge in [0.1, 0.15) is 5.75 Å². The number of carbonyl (C=O) groups is 1. The predicted octanol–water partition coefficient (Wildman–Crippen LogP) is 6.29. The largest absolute Gasteiger partial charge is 0.507 e. The van der Waals surface area contributed by atoms with Crippen LogP contribution < -0.4 is 0 Å². The molecule has 0 saturated carbocycles. The van der Waals surface area contributed by atoms with E-state index in [2.05, 4.69) is 48.1 Å². The molecule has 0 spiro atoms. The van der Waals surface area contributed by atoms with Crippen LogP contribution in [0, 0.1) is 13.8 Å². The van der Waals surface area contributed by atoms with Gasteiger partial charge in [0, 0.05) is 6.42 Å². The fraction of sp³-hybridized carbons (Fsp3) is 0.423. The summed E-state index contributed by atoms with van der Waals surface area (Å²) in [6.07, 6.45) is 0.447. The number of carboxylic acid groups (broad SMARTS) is 1. The number of rotatable bonds is 4. The van der Waals surface area contributed by atoms with Crippen LogP contribution >= 0.6 is 0 Å². The highest BCUT2D eigenvalue weighted by molar-refractivity contribution is 6.15. The third-order valence-corrected chi connectivity index (χ3v) is 5.36. The number of hydrogen-bond acceptors (Lipinski definition) is 2. The molecule has 0 saturated heterocycles. The van der Waals surface area contributed by atoms with E-state index >= 15 is 0 Å². The van der Waals surface area contributed by atoms with Crippen molar-refractivity contribution in [2.75, 3.05) is 0 Å². The van der Waals surface area contributed by atoms with Gasteiger partial charge in [0.25, 0.3) is 0 Å². The Morgan fingerprint density at radius 2 is 1.52 bits per heavy atom. The van der Waals surface area contributed by atoms with Gasteiger partial charge in [-0.05, 0) is 58.1 Å². The Hall–Kier alpha value is -2.55. The Labute approximate surface area is 175 Å². The zero-order valence-corrected chi connectivity index (χ0v) is 19.0. The van der Waals surface area contributed by atoms with E-state index in [1.807, 2.05) is 38.1 Å². The first-order chi connectivity index (χ1) is 13.1. The maximum absolute atomic E-state index is 11.8. The Kier molecular flexibility index (Phi) is 6.04. The van der Waals surface area contributed by atoms with Crippen molar-refractivity contribution in [1.29, 1.82) is 0 Å². The van der Waals surface area contributed by atoms with Crippen molar-refractivity contribution in [3.05, 3.63) is 69.8 Å². The summed E-state index contributed by atoms with van der Waals surface area (Å²) >= 11 is 0. The zero-order valence-electron chi connectivity index (χ0n) is 19.0. The summed E-state index contributed by atoms with van der Waals surface area (Å²) in [6.45, 7) is 20.4. The van der Waals surface area contributed by atoms with Crippen LogP contribution in [-0.2, 0) is 22.0 Å². The van der Waals surface area contributed by atoms with E-state index in [0.29, 0.717) is 12.0 Å². The minimum Gasteiger partial charge on any atom is -0.507 e. The highest BCUT2D eigenvalue weighted by Crippen LogP contribution is 2.37. The molecule has 29 heavy (non-hydrogen) atoms. The van der Waals surface area contributed by atoms with Crippen molar-refractivity contribution in [1.82, 2.24) is 0 Å². The lowest BCUT2D eigenvalue weighted by Crippen LogP contribution is -2.18. The molecule has 3 nitrogen and oxygen atoms in total. The number of carboxylic acids is 1. The van der Waals surface area contributed by atoms with E-state index in [1.165, 1.54) is 0 Å². The van der Waals surface area contributed by atoms with E-state index < -0.39 is 5.97 Å². The molecule has 156 valence electrons. The molecule has 3 heteroatoms. The summed E-state index contributed by atoms with van der Waals surface area (Å²) in [7, 11) is 0. The smallest absolute Gasteiger partial charge is 0.335 e. The summed E-state index contributed by atoms with van der Waals surface area (Å²) in [5, 5.41) is 20.4. The number of aryl methyl sites for hydroxylation is 2. The molecule has 0 radical (unpaired) electrons. The Balaban J connectivity index is 2.77. The summed E-state index contributed by atoms with van der Waals surface area (Å²) < 4.78 is 0. The normalized spacial score (nSPS) is 12.1. The van der Waals surface area contributed by atoms with E-state index in [4.69, 9.17) is 0 Å². The van der Waals surface area contributed by atoms with Crippen LogP contribution in [0.2, 0.25) is 0 Å². The SMILES string of the molecule is C=C(C(=O)O)c1c(Cc2cc(C(C)(C)C)cc(C)c2O)cc(C)cc1C(C)(C)C. The molecule has 0 aromatic heterocycles. The highest BCUT2D eigenvalue weighted by Gasteiger charge is 2.26. The molecule has 0 bridgehead atoms. The topological polar surface area (TPSA) is 57.5 Å². The fourth-order valence-corrected chi connectivity index (χ4v) is 3.68. The quantitative estimate of drug-likeness (QED) is 0.599. The van der Waals surface area contributed by atoms with Crippen LogP contribution in [0.1, 0.15) is 80.5 Å². The molecular formula is C26H34O3. The second-order valence-electron chi connectivity index (χ2n) is 10.1. The second kappa shape index (κ2) is 7.70. The number of phenolic OH excluding ortho intramolecular Hbond substituents is 1. The Morgan fingerprint density at radius 1 is 0.931 bits per heavy atom. The summed E-state index contributed by atoms with van der Waals surface area (Å²) in [5.74, 6) is -0.756. The van der Waals surface area contributed by atoms with E-state index in [9.17, 15) is 15.0 Å². The van der Waals surface area contributed by atoms with Crippen molar-refractivity contribution >= 4 is 11.5 Å². The van der Waals surface area contributed by atoms with E-state index in [1.54, 1.807) is 0 Å². The van der Waals surface area contributed by atoms with Gasteiger partial charge in [-0.25, -0.2) is 4.79 Å². The second-order valence-corrected chi connectivity index (χ2v) is 10.1. The van der Waals surface area contributed by atoms with Crippen LogP contribution in [-0.4, -0.2) is 16.2 Å². The summed E-state index contributed by atoms with van der Waals surface area (Å²) in [6, 6.07) is 8.11. The van der Waals surface area contributed by atoms with Crippen LogP contribution in [0.25, 0.3) is 5.57 Å². The zero-order chi connectivity index (χ0) is 22.3. The first-order valence-electron chi connectivity index (χ1n) is 10.0. The first-order valence-corrected chi connectivity index (χ1v) is 10.0. The van der Waals surface area contributed by atoms with Crippen molar-refractivity contribution < 1.29 is 15.0 Å². The van der Waals surface area contributed by atoms with E-state index in [-0.39, 0.29) is 22.2 Å². The predicted molar refractivity (Wildman–Crippen MR) is 121 cm³/mol. The molecule has 2 aromatic carbocycles.